The number of esters is 2. The fourth-order valence-electron chi connectivity index (χ4n) is 4.57. The highest BCUT2D eigenvalue weighted by molar-refractivity contribution is 6.12. The van der Waals surface area contributed by atoms with Crippen molar-refractivity contribution >= 4 is 17.7 Å². The maximum absolute atomic E-state index is 13.7. The Kier molecular flexibility index (Phi) is 7.98. The highest BCUT2D eigenvalue weighted by Gasteiger charge is 2.47. The molecule has 34 heavy (non-hydrogen) atoms. The van der Waals surface area contributed by atoms with Crippen LogP contribution < -0.4 is 10.1 Å². The van der Waals surface area contributed by atoms with Crippen LogP contribution in [0.5, 0.6) is 11.5 Å². The molecule has 0 spiro atoms. The number of carbonyl (C=O) groups is 3. The number of dihydropyridines is 1. The quantitative estimate of drug-likeness (QED) is 0.333. The molecule has 0 amide bonds. The molecule has 0 bridgehead atoms. The van der Waals surface area contributed by atoms with Crippen molar-refractivity contribution in [1.82, 2.24) is 5.32 Å². The van der Waals surface area contributed by atoms with Gasteiger partial charge < -0.3 is 29.4 Å². The second-order valence-electron chi connectivity index (χ2n) is 8.30. The number of hydrogen-bond donors (Lipinski definition) is 2. The number of Topliss-reactive ketones (excluding diaryl/α,β-unsaturated/α-hetero) is 1. The molecule has 1 aliphatic heterocycles. The van der Waals surface area contributed by atoms with Gasteiger partial charge in [0.1, 0.15) is 12.5 Å². The van der Waals surface area contributed by atoms with Crippen LogP contribution >= 0.6 is 0 Å². The highest BCUT2D eigenvalue weighted by atomic mass is 16.6. The molecule has 1 aromatic rings. The number of benzene rings is 1. The number of aromatic hydroxyl groups is 1. The average molecular weight is 474 g/mol. The predicted molar refractivity (Wildman–Crippen MR) is 122 cm³/mol. The average Bonchev–Trinajstić information content (AvgIpc) is 2.81. The lowest BCUT2D eigenvalue weighted by atomic mass is 9.69. The number of carbonyl (C=O) groups excluding carboxylic acids is 3. The van der Waals surface area contributed by atoms with Crippen molar-refractivity contribution in [3.05, 3.63) is 46.3 Å². The fourth-order valence-corrected chi connectivity index (χ4v) is 4.57. The largest absolute Gasteiger partial charge is 0.504 e. The number of phenols is 1. The van der Waals surface area contributed by atoms with Gasteiger partial charge >= 0.3 is 11.9 Å². The maximum atomic E-state index is 13.7. The predicted octanol–water partition coefficient (Wildman–Crippen LogP) is 2.59. The third kappa shape index (κ3) is 4.79. The van der Waals surface area contributed by atoms with E-state index in [9.17, 15) is 19.5 Å². The highest BCUT2D eigenvalue weighted by Crippen LogP contribution is 2.46. The molecule has 0 aromatic heterocycles. The number of ether oxygens (including phenoxy) is 4. The fraction of sp³-hybridized carbons (Fsp3) is 0.480. The van der Waals surface area contributed by atoms with Gasteiger partial charge in [0.15, 0.2) is 17.3 Å². The zero-order valence-corrected chi connectivity index (χ0v) is 20.1. The van der Waals surface area contributed by atoms with E-state index in [2.05, 4.69) is 5.32 Å². The van der Waals surface area contributed by atoms with Crippen LogP contribution in [0, 0.1) is 11.8 Å². The van der Waals surface area contributed by atoms with Gasteiger partial charge in [-0.3, -0.25) is 9.59 Å². The number of nitrogens with one attached hydrogen (secondary N) is 1. The number of rotatable bonds is 8. The van der Waals surface area contributed by atoms with E-state index in [4.69, 9.17) is 18.9 Å². The van der Waals surface area contributed by atoms with Crippen molar-refractivity contribution in [2.75, 3.05) is 34.0 Å². The summed E-state index contributed by atoms with van der Waals surface area (Å²) in [4.78, 5) is 39.4. The number of methoxy groups -OCH3 is 2. The summed E-state index contributed by atoms with van der Waals surface area (Å²) in [7, 11) is 2.66. The molecule has 0 radical (unpaired) electrons. The maximum Gasteiger partial charge on any atom is 0.336 e. The van der Waals surface area contributed by atoms with Gasteiger partial charge in [-0.05, 0) is 43.9 Å². The first-order valence-corrected chi connectivity index (χ1v) is 11.2. The number of phenolic OH excluding ortho intramolecular Hbond substituents is 1. The van der Waals surface area contributed by atoms with E-state index < -0.39 is 29.6 Å². The summed E-state index contributed by atoms with van der Waals surface area (Å²) in [5, 5.41) is 13.3. The van der Waals surface area contributed by atoms with E-state index in [1.54, 1.807) is 19.1 Å². The summed E-state index contributed by atoms with van der Waals surface area (Å²) < 4.78 is 20.9. The topological polar surface area (TPSA) is 120 Å². The third-order valence-corrected chi connectivity index (χ3v) is 6.17. The lowest BCUT2D eigenvalue weighted by Gasteiger charge is -2.38. The molecule has 9 heteroatoms. The van der Waals surface area contributed by atoms with Crippen LogP contribution in [0.25, 0.3) is 0 Å². The molecule has 1 aromatic carbocycles. The zero-order valence-electron chi connectivity index (χ0n) is 20.1. The van der Waals surface area contributed by atoms with Crippen LogP contribution in [0.1, 0.15) is 38.7 Å². The second-order valence-corrected chi connectivity index (χ2v) is 8.30. The molecule has 184 valence electrons. The number of ketones is 1. The van der Waals surface area contributed by atoms with Crippen molar-refractivity contribution in [3.63, 3.8) is 0 Å². The van der Waals surface area contributed by atoms with Gasteiger partial charge in [0.2, 0.25) is 0 Å². The Labute approximate surface area is 198 Å². The molecule has 0 fully saturated rings. The first kappa shape index (κ1) is 25.3. The van der Waals surface area contributed by atoms with Gasteiger partial charge in [-0.15, -0.1) is 0 Å². The van der Waals surface area contributed by atoms with Crippen LogP contribution in [0.4, 0.5) is 0 Å². The summed E-state index contributed by atoms with van der Waals surface area (Å²) in [5.41, 5.74) is 2.30. The summed E-state index contributed by atoms with van der Waals surface area (Å²) >= 11 is 0. The van der Waals surface area contributed by atoms with Crippen LogP contribution in [-0.4, -0.2) is 56.9 Å². The number of hydrogen-bond acceptors (Lipinski definition) is 9. The van der Waals surface area contributed by atoms with Gasteiger partial charge in [0.25, 0.3) is 0 Å². The molecule has 1 heterocycles. The number of allylic oxidation sites excluding steroid dienone is 3. The molecule has 9 nitrogen and oxygen atoms in total. The van der Waals surface area contributed by atoms with E-state index in [0.29, 0.717) is 35.6 Å². The minimum atomic E-state index is -0.985. The van der Waals surface area contributed by atoms with Crippen molar-refractivity contribution in [3.8, 4) is 11.5 Å². The lowest BCUT2D eigenvalue weighted by Crippen LogP contribution is -2.43. The van der Waals surface area contributed by atoms with E-state index >= 15 is 0 Å². The Hall–Kier alpha value is -3.33. The van der Waals surface area contributed by atoms with E-state index in [-0.39, 0.29) is 36.2 Å². The Morgan fingerprint density at radius 2 is 1.94 bits per heavy atom. The molecular formula is C25H31NO8. The van der Waals surface area contributed by atoms with E-state index in [1.165, 1.54) is 20.3 Å². The monoisotopic (exact) mass is 473 g/mol. The summed E-state index contributed by atoms with van der Waals surface area (Å²) in [6.07, 6.45) is 0.427. The zero-order chi connectivity index (χ0) is 25.0. The summed E-state index contributed by atoms with van der Waals surface area (Å²) in [6, 6.07) is 4.64. The normalized spacial score (nSPS) is 22.1. The van der Waals surface area contributed by atoms with Gasteiger partial charge in [-0.2, -0.15) is 0 Å². The Bertz CT molecular complexity index is 1040. The Morgan fingerprint density at radius 1 is 1.21 bits per heavy atom. The van der Waals surface area contributed by atoms with Crippen LogP contribution in [0.3, 0.4) is 0 Å². The lowest BCUT2D eigenvalue weighted by molar-refractivity contribution is -0.151. The third-order valence-electron chi connectivity index (χ3n) is 6.17. The van der Waals surface area contributed by atoms with Gasteiger partial charge in [0, 0.05) is 29.5 Å². The van der Waals surface area contributed by atoms with Crippen LogP contribution in [-0.2, 0) is 28.6 Å². The van der Waals surface area contributed by atoms with Crippen LogP contribution in [0.15, 0.2) is 40.7 Å². The first-order valence-electron chi connectivity index (χ1n) is 11.2. The van der Waals surface area contributed by atoms with Gasteiger partial charge in [-0.25, -0.2) is 4.79 Å². The van der Waals surface area contributed by atoms with Crippen molar-refractivity contribution in [2.24, 2.45) is 11.8 Å². The Morgan fingerprint density at radius 3 is 2.59 bits per heavy atom. The minimum Gasteiger partial charge on any atom is -0.504 e. The molecule has 0 saturated heterocycles. The molecular weight excluding hydrogens is 442 g/mol. The van der Waals surface area contributed by atoms with Crippen molar-refractivity contribution in [2.45, 2.75) is 33.1 Å². The summed E-state index contributed by atoms with van der Waals surface area (Å²) in [6.45, 7) is 6.20. The van der Waals surface area contributed by atoms with Gasteiger partial charge in [-0.1, -0.05) is 13.0 Å². The Balaban J connectivity index is 2.12. The molecule has 3 atom stereocenters. The van der Waals surface area contributed by atoms with E-state index in [1.807, 2.05) is 13.8 Å². The SMILES string of the molecule is CCOCCOC(=O)C1=C(C)NC2=C(C(=O)[C@@H](C(=O)OC)[C@H](C)C2)[C@@H]1c1ccc(O)c(OC)c1. The standard InChI is InChI=1S/C25H31NO8/c1-6-33-9-10-34-25(30)20-14(3)26-16-11-13(2)19(24(29)32-5)23(28)22(16)21(20)15-7-8-17(27)18(12-15)31-4/h7-8,12-13,19,21,26-27H,6,9-11H2,1-5H3/t13-,19+,21-/m1/s1. The van der Waals surface area contributed by atoms with Crippen LogP contribution in [0.2, 0.25) is 0 Å². The molecule has 2 aliphatic rings. The van der Waals surface area contributed by atoms with Crippen molar-refractivity contribution in [1.29, 1.82) is 0 Å². The van der Waals surface area contributed by atoms with Gasteiger partial charge in [0.05, 0.1) is 26.4 Å². The molecule has 0 saturated carbocycles. The minimum absolute atomic E-state index is 0.0523. The molecule has 2 N–H and O–H groups in total. The first-order chi connectivity index (χ1) is 16.2. The summed E-state index contributed by atoms with van der Waals surface area (Å²) in [5.74, 6) is -3.59. The molecule has 3 rings (SSSR count). The second kappa shape index (κ2) is 10.7. The molecule has 0 unspecified atom stereocenters. The van der Waals surface area contributed by atoms with E-state index in [0.717, 1.165) is 0 Å². The smallest absolute Gasteiger partial charge is 0.336 e. The van der Waals surface area contributed by atoms with Crippen molar-refractivity contribution < 1.29 is 38.4 Å². The molecule has 1 aliphatic carbocycles.